The van der Waals surface area contributed by atoms with Gasteiger partial charge in [-0.3, -0.25) is 0 Å². The first kappa shape index (κ1) is 17.6. The van der Waals surface area contributed by atoms with Crippen LogP contribution >= 0.6 is 0 Å². The summed E-state index contributed by atoms with van der Waals surface area (Å²) in [6.07, 6.45) is 0. The van der Waals surface area contributed by atoms with Crippen LogP contribution in [-0.2, 0) is 20.5 Å². The lowest BCUT2D eigenvalue weighted by Gasteiger charge is -2.16. The van der Waals surface area contributed by atoms with Gasteiger partial charge >= 0.3 is 0 Å². The van der Waals surface area contributed by atoms with E-state index in [4.69, 9.17) is 10.00 Å². The maximum Gasteiger partial charge on any atom is 0.215 e. The number of benzene rings is 1. The summed E-state index contributed by atoms with van der Waals surface area (Å²) in [6, 6.07) is 8.71. The molecule has 7 heteroatoms. The third-order valence-electron chi connectivity index (χ3n) is 2.98. The van der Waals surface area contributed by atoms with E-state index in [1.165, 1.54) is 0 Å². The van der Waals surface area contributed by atoms with Crippen molar-refractivity contribution in [2.75, 3.05) is 40.4 Å². The molecule has 0 saturated carbocycles. The SMILES string of the molecule is COCCN(C)CCNS(=O)(=O)Cc1ccccc1C#N. The van der Waals surface area contributed by atoms with Crippen LogP contribution in [0, 0.1) is 11.3 Å². The summed E-state index contributed by atoms with van der Waals surface area (Å²) >= 11 is 0. The lowest BCUT2D eigenvalue weighted by atomic mass is 10.1. The molecule has 1 N–H and O–H groups in total. The summed E-state index contributed by atoms with van der Waals surface area (Å²) in [5, 5.41) is 8.96. The molecule has 1 aromatic carbocycles. The third-order valence-corrected chi connectivity index (χ3v) is 4.31. The van der Waals surface area contributed by atoms with Gasteiger partial charge < -0.3 is 9.64 Å². The zero-order valence-corrected chi connectivity index (χ0v) is 13.2. The largest absolute Gasteiger partial charge is 0.383 e. The molecule has 1 aromatic rings. The van der Waals surface area contributed by atoms with E-state index in [1.54, 1.807) is 31.4 Å². The van der Waals surface area contributed by atoms with E-state index in [9.17, 15) is 8.42 Å². The standard InChI is InChI=1S/C14H21N3O3S/c1-17(9-10-20-2)8-7-16-21(18,19)12-14-6-4-3-5-13(14)11-15/h3-6,16H,7-10,12H2,1-2H3. The summed E-state index contributed by atoms with van der Waals surface area (Å²) in [6.45, 7) is 2.29. The van der Waals surface area contributed by atoms with Crippen LogP contribution in [0.2, 0.25) is 0 Å². The minimum atomic E-state index is -3.44. The molecule has 0 radical (unpaired) electrons. The Labute approximate surface area is 126 Å². The van der Waals surface area contributed by atoms with Gasteiger partial charge in [-0.15, -0.1) is 0 Å². The Morgan fingerprint density at radius 2 is 2.05 bits per heavy atom. The second-order valence-corrected chi connectivity index (χ2v) is 6.53. The minimum absolute atomic E-state index is 0.182. The number of nitriles is 1. The van der Waals surface area contributed by atoms with Gasteiger partial charge in [0.05, 0.1) is 24.0 Å². The predicted molar refractivity (Wildman–Crippen MR) is 81.2 cm³/mol. The second kappa shape index (κ2) is 8.74. The number of nitrogens with zero attached hydrogens (tertiary/aromatic N) is 2. The predicted octanol–water partition coefficient (Wildman–Crippen LogP) is 0.556. The van der Waals surface area contributed by atoms with Crippen molar-refractivity contribution in [1.29, 1.82) is 5.26 Å². The molecule has 0 atom stereocenters. The molecule has 0 aliphatic heterocycles. The van der Waals surface area contributed by atoms with Crippen molar-refractivity contribution in [3.63, 3.8) is 0 Å². The Kier molecular flexibility index (Phi) is 7.32. The van der Waals surface area contributed by atoms with Crippen LogP contribution in [0.5, 0.6) is 0 Å². The smallest absolute Gasteiger partial charge is 0.215 e. The Bertz CT molecular complexity index is 581. The first-order chi connectivity index (χ1) is 9.98. The van der Waals surface area contributed by atoms with Gasteiger partial charge in [0.15, 0.2) is 0 Å². The van der Waals surface area contributed by atoms with Crippen LogP contribution in [0.15, 0.2) is 24.3 Å². The maximum atomic E-state index is 12.0. The zero-order valence-electron chi connectivity index (χ0n) is 12.4. The van der Waals surface area contributed by atoms with Gasteiger partial charge in [-0.05, 0) is 18.7 Å². The van der Waals surface area contributed by atoms with Gasteiger partial charge in [0, 0.05) is 26.7 Å². The minimum Gasteiger partial charge on any atom is -0.383 e. The number of sulfonamides is 1. The molecular weight excluding hydrogens is 290 g/mol. The van der Waals surface area contributed by atoms with Crippen molar-refractivity contribution in [3.8, 4) is 6.07 Å². The molecule has 0 unspecified atom stereocenters. The monoisotopic (exact) mass is 311 g/mol. The summed E-state index contributed by atoms with van der Waals surface area (Å²) < 4.78 is 31.5. The van der Waals surface area contributed by atoms with E-state index in [0.29, 0.717) is 30.8 Å². The van der Waals surface area contributed by atoms with Crippen molar-refractivity contribution >= 4 is 10.0 Å². The molecule has 0 aromatic heterocycles. The van der Waals surface area contributed by atoms with Gasteiger partial charge in [-0.1, -0.05) is 18.2 Å². The van der Waals surface area contributed by atoms with Crippen LogP contribution in [0.4, 0.5) is 0 Å². The topological polar surface area (TPSA) is 82.4 Å². The van der Waals surface area contributed by atoms with Gasteiger partial charge in [0.25, 0.3) is 0 Å². The Hall–Kier alpha value is -1.46. The van der Waals surface area contributed by atoms with E-state index in [0.717, 1.165) is 6.54 Å². The zero-order chi connectivity index (χ0) is 15.7. The quantitative estimate of drug-likeness (QED) is 0.720. The van der Waals surface area contributed by atoms with Crippen molar-refractivity contribution in [2.45, 2.75) is 5.75 Å². The molecule has 0 heterocycles. The number of nitrogens with one attached hydrogen (secondary N) is 1. The second-order valence-electron chi connectivity index (χ2n) is 4.72. The average molecular weight is 311 g/mol. The highest BCUT2D eigenvalue weighted by Crippen LogP contribution is 2.10. The molecule has 0 aliphatic rings. The van der Waals surface area contributed by atoms with E-state index >= 15 is 0 Å². The summed E-state index contributed by atoms with van der Waals surface area (Å²) in [7, 11) is 0.0868. The lowest BCUT2D eigenvalue weighted by molar-refractivity contribution is 0.162. The lowest BCUT2D eigenvalue weighted by Crippen LogP contribution is -2.35. The highest BCUT2D eigenvalue weighted by molar-refractivity contribution is 7.88. The van der Waals surface area contributed by atoms with Gasteiger partial charge in [-0.2, -0.15) is 5.26 Å². The van der Waals surface area contributed by atoms with Crippen LogP contribution in [0.1, 0.15) is 11.1 Å². The van der Waals surface area contributed by atoms with Gasteiger partial charge in [-0.25, -0.2) is 13.1 Å². The first-order valence-electron chi connectivity index (χ1n) is 6.61. The van der Waals surface area contributed by atoms with Crippen LogP contribution < -0.4 is 4.72 Å². The summed E-state index contributed by atoms with van der Waals surface area (Å²) in [5.41, 5.74) is 0.903. The fraction of sp³-hybridized carbons (Fsp3) is 0.500. The van der Waals surface area contributed by atoms with Crippen LogP contribution in [0.3, 0.4) is 0 Å². The first-order valence-corrected chi connectivity index (χ1v) is 8.26. The molecule has 0 aliphatic carbocycles. The highest BCUT2D eigenvalue weighted by Gasteiger charge is 2.13. The number of ether oxygens (including phenoxy) is 1. The molecule has 0 bridgehead atoms. The molecule has 0 spiro atoms. The van der Waals surface area contributed by atoms with E-state index in [2.05, 4.69) is 4.72 Å². The molecule has 6 nitrogen and oxygen atoms in total. The number of likely N-dealkylation sites (N-methyl/N-ethyl adjacent to an activating group) is 1. The maximum absolute atomic E-state index is 12.0. The fourth-order valence-electron chi connectivity index (χ4n) is 1.76. The Morgan fingerprint density at radius 3 is 2.71 bits per heavy atom. The van der Waals surface area contributed by atoms with E-state index in [-0.39, 0.29) is 5.75 Å². The van der Waals surface area contributed by atoms with Crippen molar-refractivity contribution in [3.05, 3.63) is 35.4 Å². The normalized spacial score (nSPS) is 11.5. The highest BCUT2D eigenvalue weighted by atomic mass is 32.2. The van der Waals surface area contributed by atoms with E-state index in [1.807, 2.05) is 18.0 Å². The molecule has 1 rings (SSSR count). The number of rotatable bonds is 9. The summed E-state index contributed by atoms with van der Waals surface area (Å²) in [4.78, 5) is 1.98. The molecule has 0 saturated heterocycles. The number of hydrogen-bond acceptors (Lipinski definition) is 5. The molecule has 21 heavy (non-hydrogen) atoms. The molecule has 0 fully saturated rings. The Morgan fingerprint density at radius 1 is 1.33 bits per heavy atom. The molecule has 0 amide bonds. The van der Waals surface area contributed by atoms with Crippen LogP contribution in [-0.4, -0.2) is 53.7 Å². The number of hydrogen-bond donors (Lipinski definition) is 1. The number of methoxy groups -OCH3 is 1. The van der Waals surface area contributed by atoms with Gasteiger partial charge in [0.1, 0.15) is 0 Å². The van der Waals surface area contributed by atoms with E-state index < -0.39 is 10.0 Å². The van der Waals surface area contributed by atoms with Crippen molar-refractivity contribution in [1.82, 2.24) is 9.62 Å². The van der Waals surface area contributed by atoms with Crippen LogP contribution in [0.25, 0.3) is 0 Å². The summed E-state index contributed by atoms with van der Waals surface area (Å²) in [5.74, 6) is -0.182. The molecular formula is C14H21N3O3S. The fourth-order valence-corrected chi connectivity index (χ4v) is 2.93. The van der Waals surface area contributed by atoms with Gasteiger partial charge in [0.2, 0.25) is 10.0 Å². The third kappa shape index (κ3) is 6.69. The Balaban J connectivity index is 2.49. The average Bonchev–Trinajstić information content (AvgIpc) is 2.45. The van der Waals surface area contributed by atoms with Crippen molar-refractivity contribution in [2.24, 2.45) is 0 Å². The molecule has 116 valence electrons. The van der Waals surface area contributed by atoms with Crippen molar-refractivity contribution < 1.29 is 13.2 Å².